The molecule has 0 aromatic carbocycles. The van der Waals surface area contributed by atoms with E-state index >= 15 is 0 Å². The minimum atomic E-state index is -4.58. The summed E-state index contributed by atoms with van der Waals surface area (Å²) in [7, 11) is 0. The van der Waals surface area contributed by atoms with Crippen molar-refractivity contribution in [1.82, 2.24) is 5.32 Å². The van der Waals surface area contributed by atoms with Crippen molar-refractivity contribution in [1.29, 1.82) is 0 Å². The van der Waals surface area contributed by atoms with Crippen molar-refractivity contribution in [3.63, 3.8) is 0 Å². The van der Waals surface area contributed by atoms with Crippen molar-refractivity contribution in [2.75, 3.05) is 6.54 Å². The van der Waals surface area contributed by atoms with Gasteiger partial charge in [-0.3, -0.25) is 4.79 Å². The monoisotopic (exact) mass is 171 g/mol. The summed E-state index contributed by atoms with van der Waals surface area (Å²) < 4.78 is 33.8. The molecular weight excluding hydrogens is 167 g/mol. The van der Waals surface area contributed by atoms with E-state index in [9.17, 15) is 22.8 Å². The van der Waals surface area contributed by atoms with Gasteiger partial charge in [0.1, 0.15) is 6.54 Å². The maximum Gasteiger partial charge on any atom is 0.405 e. The van der Waals surface area contributed by atoms with E-state index in [1.54, 1.807) is 0 Å². The molecule has 0 bridgehead atoms. The number of hydrogen-bond donors (Lipinski definition) is 2. The smallest absolute Gasteiger partial charge is 0.405 e. The number of hydrogen-bond acceptors (Lipinski definition) is 2. The van der Waals surface area contributed by atoms with Crippen LogP contribution in [0.3, 0.4) is 0 Å². The van der Waals surface area contributed by atoms with Crippen molar-refractivity contribution in [3.8, 4) is 0 Å². The normalized spacial score (nSPS) is 10.8. The molecule has 1 amide bonds. The van der Waals surface area contributed by atoms with Gasteiger partial charge in [0.15, 0.2) is 0 Å². The first-order chi connectivity index (χ1) is 4.83. The van der Waals surface area contributed by atoms with Crippen LogP contribution in [0.2, 0.25) is 0 Å². The first kappa shape index (κ1) is 9.73. The average Bonchev–Trinajstić information content (AvgIpc) is 1.80. The van der Waals surface area contributed by atoms with Crippen LogP contribution in [-0.2, 0) is 9.59 Å². The van der Waals surface area contributed by atoms with Gasteiger partial charge in [-0.15, -0.1) is 0 Å². The number of aliphatic carboxylic acids is 1. The molecule has 11 heavy (non-hydrogen) atoms. The number of alkyl halides is 3. The first-order valence-corrected chi connectivity index (χ1v) is 2.41. The SMILES string of the molecule is O=C(O)C(=O)NCC(F)(F)F. The van der Waals surface area contributed by atoms with E-state index in [4.69, 9.17) is 5.11 Å². The van der Waals surface area contributed by atoms with Gasteiger partial charge >= 0.3 is 18.1 Å². The molecule has 0 aromatic heterocycles. The molecule has 0 rings (SSSR count). The largest absolute Gasteiger partial charge is 0.474 e. The summed E-state index contributed by atoms with van der Waals surface area (Å²) in [5.74, 6) is -3.60. The number of amides is 1. The molecule has 0 aliphatic rings. The van der Waals surface area contributed by atoms with E-state index in [0.717, 1.165) is 5.32 Å². The second kappa shape index (κ2) is 3.22. The lowest BCUT2D eigenvalue weighted by Crippen LogP contribution is -2.37. The summed E-state index contributed by atoms with van der Waals surface area (Å²) in [5.41, 5.74) is 0. The molecule has 0 atom stereocenters. The van der Waals surface area contributed by atoms with Gasteiger partial charge in [-0.2, -0.15) is 13.2 Å². The first-order valence-electron chi connectivity index (χ1n) is 2.41. The Morgan fingerprint density at radius 1 is 1.36 bits per heavy atom. The van der Waals surface area contributed by atoms with Gasteiger partial charge in [0.05, 0.1) is 0 Å². The maximum absolute atomic E-state index is 11.3. The molecule has 0 saturated carbocycles. The Bertz CT molecular complexity index is 176. The fourth-order valence-corrected chi connectivity index (χ4v) is 0.256. The molecule has 0 heterocycles. The van der Waals surface area contributed by atoms with Crippen LogP contribution < -0.4 is 5.32 Å². The average molecular weight is 171 g/mol. The van der Waals surface area contributed by atoms with Gasteiger partial charge in [-0.1, -0.05) is 0 Å². The van der Waals surface area contributed by atoms with Crippen molar-refractivity contribution >= 4 is 11.9 Å². The molecule has 0 saturated heterocycles. The number of rotatable bonds is 1. The molecule has 0 unspecified atom stereocenters. The zero-order valence-electron chi connectivity index (χ0n) is 5.10. The molecule has 4 nitrogen and oxygen atoms in total. The van der Waals surface area contributed by atoms with Gasteiger partial charge in [0.25, 0.3) is 0 Å². The summed E-state index contributed by atoms with van der Waals surface area (Å²) in [5, 5.41) is 8.96. The zero-order valence-corrected chi connectivity index (χ0v) is 5.10. The second-order valence-electron chi connectivity index (χ2n) is 1.60. The lowest BCUT2D eigenvalue weighted by Gasteiger charge is -2.04. The summed E-state index contributed by atoms with van der Waals surface area (Å²) in [6.07, 6.45) is -4.58. The number of carbonyl (C=O) groups excluding carboxylic acids is 1. The highest BCUT2D eigenvalue weighted by molar-refractivity contribution is 6.31. The minimum Gasteiger partial charge on any atom is -0.474 e. The van der Waals surface area contributed by atoms with Crippen LogP contribution in [0, 0.1) is 0 Å². The summed E-state index contributed by atoms with van der Waals surface area (Å²) in [6, 6.07) is 0. The number of halogens is 3. The highest BCUT2D eigenvalue weighted by Gasteiger charge is 2.28. The van der Waals surface area contributed by atoms with Gasteiger partial charge in [-0.05, 0) is 0 Å². The Balaban J connectivity index is 3.73. The van der Waals surface area contributed by atoms with Crippen LogP contribution in [0.4, 0.5) is 13.2 Å². The lowest BCUT2D eigenvalue weighted by atomic mass is 10.5. The molecule has 7 heteroatoms. The van der Waals surface area contributed by atoms with Gasteiger partial charge in [0, 0.05) is 0 Å². The highest BCUT2D eigenvalue weighted by atomic mass is 19.4. The van der Waals surface area contributed by atoms with E-state index in [1.165, 1.54) is 0 Å². The minimum absolute atomic E-state index is 1.16. The van der Waals surface area contributed by atoms with Crippen LogP contribution in [0.1, 0.15) is 0 Å². The Morgan fingerprint density at radius 3 is 2.09 bits per heavy atom. The lowest BCUT2D eigenvalue weighted by molar-refractivity contribution is -0.154. The Kier molecular flexibility index (Phi) is 2.85. The Morgan fingerprint density at radius 2 is 1.82 bits per heavy atom. The molecule has 0 radical (unpaired) electrons. The predicted octanol–water partition coefficient (Wildman–Crippen LogP) is -0.251. The van der Waals surface area contributed by atoms with Crippen LogP contribution in [-0.4, -0.2) is 29.7 Å². The third-order valence-corrected chi connectivity index (χ3v) is 0.644. The Labute approximate surface area is 59.0 Å². The Hall–Kier alpha value is -1.27. The fourth-order valence-electron chi connectivity index (χ4n) is 0.256. The van der Waals surface area contributed by atoms with Gasteiger partial charge in [0.2, 0.25) is 0 Å². The number of carbonyl (C=O) groups is 2. The standard InChI is InChI=1S/C4H4F3NO3/c5-4(6,7)1-8-2(9)3(10)11/h1H2,(H,8,9)(H,10,11). The molecule has 64 valence electrons. The third kappa shape index (κ3) is 5.19. The number of nitrogens with one attached hydrogen (secondary N) is 1. The van der Waals surface area contributed by atoms with Crippen LogP contribution in [0.15, 0.2) is 0 Å². The quantitative estimate of drug-likeness (QED) is 0.534. The molecule has 0 aliphatic carbocycles. The van der Waals surface area contributed by atoms with E-state index in [0.29, 0.717) is 0 Å². The van der Waals surface area contributed by atoms with Gasteiger partial charge in [-0.25, -0.2) is 4.79 Å². The molecule has 0 aromatic rings. The van der Waals surface area contributed by atoms with Gasteiger partial charge < -0.3 is 10.4 Å². The van der Waals surface area contributed by atoms with Crippen molar-refractivity contribution in [3.05, 3.63) is 0 Å². The molecule has 2 N–H and O–H groups in total. The van der Waals surface area contributed by atoms with E-state index in [1.807, 2.05) is 0 Å². The highest BCUT2D eigenvalue weighted by Crippen LogP contribution is 2.11. The molecule has 0 aliphatic heterocycles. The maximum atomic E-state index is 11.3. The topological polar surface area (TPSA) is 66.4 Å². The summed E-state index contributed by atoms with van der Waals surface area (Å²) in [6.45, 7) is -1.63. The third-order valence-electron chi connectivity index (χ3n) is 0.644. The molecule has 0 fully saturated rings. The van der Waals surface area contributed by atoms with Crippen molar-refractivity contribution in [2.24, 2.45) is 0 Å². The van der Waals surface area contributed by atoms with E-state index in [-0.39, 0.29) is 0 Å². The molecule has 0 spiro atoms. The van der Waals surface area contributed by atoms with Crippen LogP contribution >= 0.6 is 0 Å². The number of carboxylic acid groups (broad SMARTS) is 1. The van der Waals surface area contributed by atoms with E-state index < -0.39 is 24.6 Å². The van der Waals surface area contributed by atoms with Crippen molar-refractivity contribution in [2.45, 2.75) is 6.18 Å². The predicted molar refractivity (Wildman–Crippen MR) is 26.7 cm³/mol. The zero-order chi connectivity index (χ0) is 9.07. The summed E-state index contributed by atoms with van der Waals surface area (Å²) in [4.78, 5) is 19.6. The van der Waals surface area contributed by atoms with Crippen LogP contribution in [0.5, 0.6) is 0 Å². The second-order valence-corrected chi connectivity index (χ2v) is 1.60. The molecular formula is C4H4F3NO3. The van der Waals surface area contributed by atoms with Crippen molar-refractivity contribution < 1.29 is 27.9 Å². The van der Waals surface area contributed by atoms with E-state index in [2.05, 4.69) is 0 Å². The number of carboxylic acids is 1. The van der Waals surface area contributed by atoms with Crippen LogP contribution in [0.25, 0.3) is 0 Å². The fraction of sp³-hybridized carbons (Fsp3) is 0.500. The summed E-state index contributed by atoms with van der Waals surface area (Å²) >= 11 is 0.